The molecule has 1 aliphatic carbocycles. The van der Waals surface area contributed by atoms with E-state index in [2.05, 4.69) is 77.7 Å². The standard InChI is InChI=1S/C34H21NO2S/c36-33-28-16-8-9-17-29(28)34(37)30(33)21-25-18-19-31(38-25)35(24-12-2-1-3-13-24)32-26-14-6-4-10-22(26)20-23-11-5-7-15-27(23)32/h1-21H. The smallest absolute Gasteiger partial charge is 0.197 e. The SMILES string of the molecule is O=C1C(=Cc2ccc(N(c3ccccc3)c3c4ccccc4cc4ccccc34)s2)C(=O)c2ccccc21. The molecule has 0 unspecified atom stereocenters. The number of carbonyl (C=O) groups is 2. The number of fused-ring (bicyclic) bond motifs is 3. The first kappa shape index (κ1) is 22.4. The molecule has 6 aromatic rings. The molecule has 38 heavy (non-hydrogen) atoms. The topological polar surface area (TPSA) is 37.4 Å². The highest BCUT2D eigenvalue weighted by atomic mass is 32.1. The van der Waals surface area contributed by atoms with Gasteiger partial charge < -0.3 is 4.90 Å². The lowest BCUT2D eigenvalue weighted by Gasteiger charge is -2.27. The third-order valence-electron chi connectivity index (χ3n) is 7.01. The molecular formula is C34H21NO2S. The van der Waals surface area contributed by atoms with E-state index in [1.54, 1.807) is 41.7 Å². The van der Waals surface area contributed by atoms with Gasteiger partial charge in [-0.1, -0.05) is 91.0 Å². The lowest BCUT2D eigenvalue weighted by Crippen LogP contribution is -2.09. The molecule has 0 saturated carbocycles. The van der Waals surface area contributed by atoms with Crippen LogP contribution in [0.1, 0.15) is 25.6 Å². The molecule has 0 fully saturated rings. The zero-order chi connectivity index (χ0) is 25.6. The molecule has 180 valence electrons. The molecule has 0 radical (unpaired) electrons. The van der Waals surface area contributed by atoms with Crippen molar-refractivity contribution in [3.05, 3.63) is 143 Å². The van der Waals surface area contributed by atoms with Gasteiger partial charge in [-0.15, -0.1) is 11.3 Å². The zero-order valence-corrected chi connectivity index (χ0v) is 21.1. The van der Waals surface area contributed by atoms with E-state index >= 15 is 0 Å². The van der Waals surface area contributed by atoms with E-state index in [1.807, 2.05) is 24.3 Å². The Balaban J connectivity index is 1.42. The van der Waals surface area contributed by atoms with E-state index in [1.165, 1.54) is 10.8 Å². The monoisotopic (exact) mass is 507 g/mol. The van der Waals surface area contributed by atoms with E-state index in [4.69, 9.17) is 0 Å². The summed E-state index contributed by atoms with van der Waals surface area (Å²) in [6.07, 6.45) is 1.74. The molecule has 1 aromatic heterocycles. The fourth-order valence-electron chi connectivity index (χ4n) is 5.26. The first-order chi connectivity index (χ1) is 18.7. The maximum absolute atomic E-state index is 13.0. The molecule has 5 aromatic carbocycles. The normalized spacial score (nSPS) is 12.8. The van der Waals surface area contributed by atoms with Gasteiger partial charge in [0, 0.05) is 32.5 Å². The van der Waals surface area contributed by atoms with Gasteiger partial charge in [-0.3, -0.25) is 9.59 Å². The Kier molecular flexibility index (Phi) is 5.27. The minimum atomic E-state index is -0.208. The quantitative estimate of drug-likeness (QED) is 0.136. The number of anilines is 3. The molecule has 0 atom stereocenters. The molecule has 4 heteroatoms. The summed E-state index contributed by atoms with van der Waals surface area (Å²) in [6.45, 7) is 0. The van der Waals surface area contributed by atoms with Crippen LogP contribution in [0.4, 0.5) is 16.4 Å². The molecule has 0 spiro atoms. The number of carbonyl (C=O) groups excluding carboxylic acids is 2. The van der Waals surface area contributed by atoms with Gasteiger partial charge in [0.15, 0.2) is 11.6 Å². The van der Waals surface area contributed by atoms with Crippen LogP contribution < -0.4 is 4.90 Å². The van der Waals surface area contributed by atoms with Gasteiger partial charge in [0.1, 0.15) is 5.00 Å². The summed E-state index contributed by atoms with van der Waals surface area (Å²) in [7, 11) is 0. The highest BCUT2D eigenvalue weighted by molar-refractivity contribution is 7.17. The first-order valence-corrected chi connectivity index (χ1v) is 13.3. The van der Waals surface area contributed by atoms with E-state index in [0.29, 0.717) is 11.1 Å². The minimum Gasteiger partial charge on any atom is -0.301 e. The average molecular weight is 508 g/mol. The second-order valence-electron chi connectivity index (χ2n) is 9.28. The number of allylic oxidation sites excluding steroid dienone is 1. The number of hydrogen-bond donors (Lipinski definition) is 0. The molecular weight excluding hydrogens is 486 g/mol. The van der Waals surface area contributed by atoms with Crippen LogP contribution >= 0.6 is 11.3 Å². The van der Waals surface area contributed by atoms with Crippen molar-refractivity contribution >= 4 is 66.9 Å². The number of rotatable bonds is 4. The predicted molar refractivity (Wildman–Crippen MR) is 157 cm³/mol. The molecule has 0 aliphatic heterocycles. The Labute approximate surface area is 223 Å². The molecule has 1 heterocycles. The summed E-state index contributed by atoms with van der Waals surface area (Å²) < 4.78 is 0. The van der Waals surface area contributed by atoms with Gasteiger partial charge in [-0.25, -0.2) is 0 Å². The van der Waals surface area contributed by atoms with Crippen molar-refractivity contribution < 1.29 is 9.59 Å². The van der Waals surface area contributed by atoms with Gasteiger partial charge >= 0.3 is 0 Å². The number of ketones is 2. The van der Waals surface area contributed by atoms with Crippen molar-refractivity contribution in [2.45, 2.75) is 0 Å². The minimum absolute atomic E-state index is 0.208. The highest BCUT2D eigenvalue weighted by Gasteiger charge is 2.32. The van der Waals surface area contributed by atoms with E-state index in [-0.39, 0.29) is 17.1 Å². The van der Waals surface area contributed by atoms with Crippen molar-refractivity contribution in [3.63, 3.8) is 0 Å². The van der Waals surface area contributed by atoms with Crippen LogP contribution in [0.3, 0.4) is 0 Å². The summed E-state index contributed by atoms with van der Waals surface area (Å²) >= 11 is 1.56. The largest absolute Gasteiger partial charge is 0.301 e. The Hall–Kier alpha value is -4.80. The van der Waals surface area contributed by atoms with E-state index < -0.39 is 0 Å². The maximum atomic E-state index is 13.0. The lowest BCUT2D eigenvalue weighted by atomic mass is 9.99. The predicted octanol–water partition coefficient (Wildman–Crippen LogP) is 8.99. The second kappa shape index (κ2) is 8.94. The molecule has 0 N–H and O–H groups in total. The van der Waals surface area contributed by atoms with Crippen LogP contribution in [-0.2, 0) is 0 Å². The Morgan fingerprint density at radius 1 is 0.579 bits per heavy atom. The second-order valence-corrected chi connectivity index (χ2v) is 10.4. The van der Waals surface area contributed by atoms with Crippen LogP contribution in [0.5, 0.6) is 0 Å². The zero-order valence-electron chi connectivity index (χ0n) is 20.3. The van der Waals surface area contributed by atoms with E-state index in [9.17, 15) is 9.59 Å². The molecule has 1 aliphatic rings. The fourth-order valence-corrected chi connectivity index (χ4v) is 6.24. The number of hydrogen-bond acceptors (Lipinski definition) is 4. The number of para-hydroxylation sites is 1. The average Bonchev–Trinajstić information content (AvgIpc) is 3.52. The number of thiophene rings is 1. The van der Waals surface area contributed by atoms with Crippen molar-refractivity contribution in [1.82, 2.24) is 0 Å². The third kappa shape index (κ3) is 3.58. The van der Waals surface area contributed by atoms with Crippen molar-refractivity contribution in [3.8, 4) is 0 Å². The maximum Gasteiger partial charge on any atom is 0.197 e. The number of nitrogens with zero attached hydrogens (tertiary/aromatic N) is 1. The van der Waals surface area contributed by atoms with Crippen molar-refractivity contribution in [2.75, 3.05) is 4.90 Å². The Bertz CT molecular complexity index is 1830. The number of benzene rings is 5. The van der Waals surface area contributed by atoms with Gasteiger partial charge in [0.2, 0.25) is 0 Å². The molecule has 3 nitrogen and oxygen atoms in total. The summed E-state index contributed by atoms with van der Waals surface area (Å²) in [6, 6.07) is 40.5. The van der Waals surface area contributed by atoms with E-state index in [0.717, 1.165) is 32.0 Å². The number of Topliss-reactive ketones (excluding diaryl/α,β-unsaturated/α-hetero) is 2. The van der Waals surface area contributed by atoms with Gasteiger partial charge in [0.25, 0.3) is 0 Å². The van der Waals surface area contributed by atoms with Gasteiger partial charge in [0.05, 0.1) is 11.3 Å². The van der Waals surface area contributed by atoms with Gasteiger partial charge in [-0.2, -0.15) is 0 Å². The van der Waals surface area contributed by atoms with Crippen LogP contribution in [0.25, 0.3) is 27.6 Å². The summed E-state index contributed by atoms with van der Waals surface area (Å²) in [5, 5.41) is 5.64. The van der Waals surface area contributed by atoms with Crippen molar-refractivity contribution in [2.24, 2.45) is 0 Å². The first-order valence-electron chi connectivity index (χ1n) is 12.4. The molecule has 0 bridgehead atoms. The third-order valence-corrected chi connectivity index (χ3v) is 8.02. The highest BCUT2D eigenvalue weighted by Crippen LogP contribution is 2.46. The summed E-state index contributed by atoms with van der Waals surface area (Å²) in [5.41, 5.74) is 3.32. The van der Waals surface area contributed by atoms with Crippen LogP contribution in [-0.4, -0.2) is 11.6 Å². The molecule has 7 rings (SSSR count). The summed E-state index contributed by atoms with van der Waals surface area (Å²) in [4.78, 5) is 29.1. The van der Waals surface area contributed by atoms with Crippen LogP contribution in [0, 0.1) is 0 Å². The van der Waals surface area contributed by atoms with Gasteiger partial charge in [-0.05, 0) is 47.2 Å². The molecule has 0 saturated heterocycles. The summed E-state index contributed by atoms with van der Waals surface area (Å²) in [5.74, 6) is -0.416. The van der Waals surface area contributed by atoms with Crippen LogP contribution in [0.15, 0.2) is 127 Å². The Morgan fingerprint density at radius 2 is 1.13 bits per heavy atom. The lowest BCUT2D eigenvalue weighted by molar-refractivity contribution is 0.0990. The molecule has 0 amide bonds. The fraction of sp³-hybridized carbons (Fsp3) is 0. The van der Waals surface area contributed by atoms with Crippen molar-refractivity contribution in [1.29, 1.82) is 0 Å². The Morgan fingerprint density at radius 3 is 1.76 bits per heavy atom. The van der Waals surface area contributed by atoms with Crippen LogP contribution in [0.2, 0.25) is 0 Å².